The average molecular weight is 245 g/mol. The lowest BCUT2D eigenvalue weighted by molar-refractivity contribution is 0.0347. The maximum absolute atomic E-state index is 5.57. The molecule has 1 N–H and O–H groups in total. The molecule has 1 rings (SSSR count). The van der Waals surface area contributed by atoms with Crippen LogP contribution in [-0.2, 0) is 14.2 Å². The van der Waals surface area contributed by atoms with Gasteiger partial charge in [-0.25, -0.2) is 0 Å². The smallest absolute Gasteiger partial charge is 0.0700 e. The molecule has 0 amide bonds. The Labute approximate surface area is 105 Å². The molecule has 1 aliphatic rings. The number of rotatable bonds is 10. The molecule has 0 bridgehead atoms. The molecule has 1 fully saturated rings. The minimum absolute atomic E-state index is 0.704. The van der Waals surface area contributed by atoms with E-state index >= 15 is 0 Å². The largest absolute Gasteiger partial charge is 0.385 e. The van der Waals surface area contributed by atoms with Gasteiger partial charge in [-0.05, 0) is 44.7 Å². The van der Waals surface area contributed by atoms with Gasteiger partial charge in [-0.3, -0.25) is 0 Å². The molecule has 17 heavy (non-hydrogen) atoms. The van der Waals surface area contributed by atoms with Crippen LogP contribution in [-0.4, -0.2) is 53.2 Å². The molecule has 0 saturated carbocycles. The van der Waals surface area contributed by atoms with Crippen molar-refractivity contribution < 1.29 is 14.2 Å². The third kappa shape index (κ3) is 8.55. The van der Waals surface area contributed by atoms with Gasteiger partial charge in [-0.15, -0.1) is 0 Å². The fraction of sp³-hybridized carbons (Fsp3) is 1.00. The van der Waals surface area contributed by atoms with Crippen LogP contribution in [0.25, 0.3) is 0 Å². The summed E-state index contributed by atoms with van der Waals surface area (Å²) in [5.41, 5.74) is 0. The first-order valence-electron chi connectivity index (χ1n) is 6.78. The van der Waals surface area contributed by atoms with Crippen molar-refractivity contribution in [1.29, 1.82) is 0 Å². The number of methoxy groups -OCH3 is 1. The van der Waals surface area contributed by atoms with E-state index in [4.69, 9.17) is 14.2 Å². The fourth-order valence-electron chi connectivity index (χ4n) is 2.05. The molecule has 0 aromatic heterocycles. The van der Waals surface area contributed by atoms with Crippen LogP contribution in [0.4, 0.5) is 0 Å². The first-order valence-corrected chi connectivity index (χ1v) is 6.78. The summed E-state index contributed by atoms with van der Waals surface area (Å²) in [5, 5.41) is 3.38. The van der Waals surface area contributed by atoms with Crippen molar-refractivity contribution in [3.63, 3.8) is 0 Å². The van der Waals surface area contributed by atoms with Gasteiger partial charge in [0, 0.05) is 26.9 Å². The van der Waals surface area contributed by atoms with E-state index in [1.165, 1.54) is 32.4 Å². The summed E-state index contributed by atoms with van der Waals surface area (Å²) in [6.07, 6.45) is 4.77. The molecule has 0 atom stereocenters. The quantitative estimate of drug-likeness (QED) is 0.591. The molecule has 0 unspecified atom stereocenters. The van der Waals surface area contributed by atoms with Crippen molar-refractivity contribution in [2.75, 3.05) is 53.2 Å². The third-order valence-corrected chi connectivity index (χ3v) is 3.14. The second-order valence-electron chi connectivity index (χ2n) is 4.55. The highest BCUT2D eigenvalue weighted by Crippen LogP contribution is 2.15. The Morgan fingerprint density at radius 1 is 0.941 bits per heavy atom. The van der Waals surface area contributed by atoms with Gasteiger partial charge in [0.2, 0.25) is 0 Å². The van der Waals surface area contributed by atoms with E-state index in [1.807, 2.05) is 0 Å². The topological polar surface area (TPSA) is 39.7 Å². The second-order valence-corrected chi connectivity index (χ2v) is 4.55. The normalized spacial score (nSPS) is 17.5. The van der Waals surface area contributed by atoms with Crippen LogP contribution in [0.5, 0.6) is 0 Å². The summed E-state index contributed by atoms with van der Waals surface area (Å²) < 4.78 is 15.9. The third-order valence-electron chi connectivity index (χ3n) is 3.14. The summed E-state index contributed by atoms with van der Waals surface area (Å²) in [6, 6.07) is 0. The van der Waals surface area contributed by atoms with Crippen molar-refractivity contribution >= 4 is 0 Å². The lowest BCUT2D eigenvalue weighted by atomic mass is 9.95. The highest BCUT2D eigenvalue weighted by Gasteiger charge is 2.11. The summed E-state index contributed by atoms with van der Waals surface area (Å²) >= 11 is 0. The monoisotopic (exact) mass is 245 g/mol. The maximum Gasteiger partial charge on any atom is 0.0700 e. The molecule has 4 heteroatoms. The summed E-state index contributed by atoms with van der Waals surface area (Å²) in [7, 11) is 1.71. The number of nitrogens with one attached hydrogen (secondary N) is 1. The number of hydrogen-bond acceptors (Lipinski definition) is 4. The zero-order valence-corrected chi connectivity index (χ0v) is 11.1. The van der Waals surface area contributed by atoms with Crippen LogP contribution >= 0.6 is 0 Å². The minimum atomic E-state index is 0.704. The van der Waals surface area contributed by atoms with Crippen molar-refractivity contribution in [1.82, 2.24) is 5.32 Å². The van der Waals surface area contributed by atoms with Gasteiger partial charge in [0.15, 0.2) is 0 Å². The lowest BCUT2D eigenvalue weighted by Crippen LogP contribution is -2.28. The second kappa shape index (κ2) is 11.0. The van der Waals surface area contributed by atoms with E-state index in [2.05, 4.69) is 5.32 Å². The fourth-order valence-corrected chi connectivity index (χ4v) is 2.05. The lowest BCUT2D eigenvalue weighted by Gasteiger charge is -2.22. The minimum Gasteiger partial charge on any atom is -0.385 e. The highest BCUT2D eigenvalue weighted by molar-refractivity contribution is 4.67. The zero-order chi connectivity index (χ0) is 12.2. The Hall–Kier alpha value is -0.160. The van der Waals surface area contributed by atoms with Gasteiger partial charge < -0.3 is 19.5 Å². The average Bonchev–Trinajstić information content (AvgIpc) is 2.38. The van der Waals surface area contributed by atoms with Gasteiger partial charge in [-0.1, -0.05) is 0 Å². The predicted octanol–water partition coefficient (Wildman–Crippen LogP) is 1.45. The summed E-state index contributed by atoms with van der Waals surface area (Å²) in [5.74, 6) is 0.860. The summed E-state index contributed by atoms with van der Waals surface area (Å²) in [4.78, 5) is 0. The van der Waals surface area contributed by atoms with Gasteiger partial charge >= 0.3 is 0 Å². The van der Waals surface area contributed by atoms with E-state index in [9.17, 15) is 0 Å². The highest BCUT2D eigenvalue weighted by atomic mass is 16.5. The first-order chi connectivity index (χ1) is 8.43. The van der Waals surface area contributed by atoms with Crippen LogP contribution < -0.4 is 5.32 Å². The molecule has 0 aromatic rings. The number of piperidine rings is 1. The van der Waals surface area contributed by atoms with Gasteiger partial charge in [0.05, 0.1) is 13.2 Å². The Morgan fingerprint density at radius 3 is 2.35 bits per heavy atom. The standard InChI is InChI=1S/C13H27NO3/c1-15-8-2-9-16-11-12-17-10-5-13-3-6-14-7-4-13/h13-14H,2-12H2,1H3. The molecule has 1 saturated heterocycles. The van der Waals surface area contributed by atoms with Crippen LogP contribution in [0.3, 0.4) is 0 Å². The molecule has 0 radical (unpaired) electrons. The molecular weight excluding hydrogens is 218 g/mol. The van der Waals surface area contributed by atoms with E-state index in [0.29, 0.717) is 6.61 Å². The van der Waals surface area contributed by atoms with Crippen molar-refractivity contribution in [2.45, 2.75) is 25.7 Å². The Balaban J connectivity index is 1.75. The number of hydrogen-bond donors (Lipinski definition) is 1. The Bertz CT molecular complexity index is 161. The van der Waals surface area contributed by atoms with Gasteiger partial charge in [0.25, 0.3) is 0 Å². The molecule has 0 aromatic carbocycles. The van der Waals surface area contributed by atoms with Crippen LogP contribution in [0.15, 0.2) is 0 Å². The van der Waals surface area contributed by atoms with E-state index < -0.39 is 0 Å². The van der Waals surface area contributed by atoms with Crippen LogP contribution in [0.1, 0.15) is 25.7 Å². The van der Waals surface area contributed by atoms with Crippen molar-refractivity contribution in [2.24, 2.45) is 5.92 Å². The van der Waals surface area contributed by atoms with E-state index in [-0.39, 0.29) is 0 Å². The zero-order valence-electron chi connectivity index (χ0n) is 11.1. The van der Waals surface area contributed by atoms with Crippen LogP contribution in [0, 0.1) is 5.92 Å². The number of ether oxygens (including phenoxy) is 3. The first kappa shape index (κ1) is 14.9. The van der Waals surface area contributed by atoms with E-state index in [0.717, 1.165) is 38.8 Å². The van der Waals surface area contributed by atoms with Crippen molar-refractivity contribution in [3.8, 4) is 0 Å². The van der Waals surface area contributed by atoms with Gasteiger partial charge in [-0.2, -0.15) is 0 Å². The molecule has 0 aliphatic carbocycles. The Kier molecular flexibility index (Phi) is 9.61. The molecular formula is C13H27NO3. The molecule has 102 valence electrons. The molecule has 1 heterocycles. The van der Waals surface area contributed by atoms with Gasteiger partial charge in [0.1, 0.15) is 0 Å². The van der Waals surface area contributed by atoms with Crippen molar-refractivity contribution in [3.05, 3.63) is 0 Å². The predicted molar refractivity (Wildman–Crippen MR) is 68.3 cm³/mol. The molecule has 0 spiro atoms. The summed E-state index contributed by atoms with van der Waals surface area (Å²) in [6.45, 7) is 6.20. The van der Waals surface area contributed by atoms with Crippen LogP contribution in [0.2, 0.25) is 0 Å². The molecule has 4 nitrogen and oxygen atoms in total. The Morgan fingerprint density at radius 2 is 1.65 bits per heavy atom. The SMILES string of the molecule is COCCCOCCOCCC1CCNCC1. The molecule has 1 aliphatic heterocycles. The maximum atomic E-state index is 5.57. The van der Waals surface area contributed by atoms with E-state index in [1.54, 1.807) is 7.11 Å².